The number of hydrogen-bond donors (Lipinski definition) is 0. The second-order valence-corrected chi connectivity index (χ2v) is 17.7. The van der Waals surface area contributed by atoms with Gasteiger partial charge in [-0.15, -0.1) is 69.1 Å². The quantitative estimate of drug-likeness (QED) is 0.116. The summed E-state index contributed by atoms with van der Waals surface area (Å²) in [6.07, 6.45) is 1.97. The molecule has 8 aromatic carbocycles. The zero-order chi connectivity index (χ0) is 36.7. The van der Waals surface area contributed by atoms with Crippen LogP contribution in [0.25, 0.3) is 43.8 Å². The average Bonchev–Trinajstić information content (AvgIpc) is 3.75. The predicted octanol–water partition coefficient (Wildman–Crippen LogP) is 14.4. The van der Waals surface area contributed by atoms with Gasteiger partial charge in [0, 0.05) is 9.52 Å². The van der Waals surface area contributed by atoms with Crippen molar-refractivity contribution in [3.05, 3.63) is 203 Å². The molecule has 0 bridgehead atoms. The summed E-state index contributed by atoms with van der Waals surface area (Å²) >= 11 is -0.826. The van der Waals surface area contributed by atoms with Crippen LogP contribution in [-0.2, 0) is 33.7 Å². The number of aryl methyl sites for hydroxylation is 2. The topological polar surface area (TPSA) is 0 Å². The fraction of sp³-hybridized carbons (Fsp3) is 0.125. The zero-order valence-electron chi connectivity index (χ0n) is 30.3. The van der Waals surface area contributed by atoms with Crippen molar-refractivity contribution in [1.82, 2.24) is 0 Å². The number of hydrogen-bond acceptors (Lipinski definition) is 0. The Hall–Kier alpha value is -3.78. The van der Waals surface area contributed by atoms with Gasteiger partial charge in [-0.2, -0.15) is 12.1 Å². The average molecular weight is 811 g/mol. The first-order valence-corrected chi connectivity index (χ1v) is 25.9. The van der Waals surface area contributed by atoms with E-state index in [2.05, 4.69) is 197 Å². The molecule has 0 nitrogen and oxygen atoms in total. The molecule has 0 heterocycles. The van der Waals surface area contributed by atoms with E-state index in [9.17, 15) is 0 Å². The van der Waals surface area contributed by atoms with E-state index in [1.165, 1.54) is 77.2 Å². The van der Waals surface area contributed by atoms with Crippen LogP contribution in [0.4, 0.5) is 0 Å². The standard InChI is InChI=1S/2C23H19.C2H6Si.2ClH.Zr/c2*1-17-14-21-8-5-9-22(23(21)15-17)20-12-10-19(11-13-20)16-18-6-3-2-4-7-18;1-3-2;;;/h2*2-15H,16H2,1H3;1-2H3;2*1H;/q2*-1;;;;+4/p-2. The predicted molar refractivity (Wildman–Crippen MR) is 227 cm³/mol. The van der Waals surface area contributed by atoms with Crippen LogP contribution in [0.3, 0.4) is 0 Å². The van der Waals surface area contributed by atoms with Gasteiger partial charge in [-0.05, 0) is 46.2 Å². The molecular weight excluding hydrogens is 767 g/mol. The van der Waals surface area contributed by atoms with Crippen molar-refractivity contribution < 1.29 is 20.8 Å². The van der Waals surface area contributed by atoms with Crippen molar-refractivity contribution >= 4 is 48.1 Å². The van der Waals surface area contributed by atoms with Gasteiger partial charge < -0.3 is 0 Å². The summed E-state index contributed by atoms with van der Waals surface area (Å²) in [6, 6.07) is 61.4. The van der Waals surface area contributed by atoms with Crippen LogP contribution in [-0.4, -0.2) is 9.52 Å². The van der Waals surface area contributed by atoms with Crippen molar-refractivity contribution in [2.24, 2.45) is 0 Å². The Kier molecular flexibility index (Phi) is 15.5. The SMILES string of the molecule is C[Si]C.Cc1cc2c(-c3ccc(Cc4ccccc4)cc3)cccc2[cH-]1.Cc1cc2c(-c3ccc(Cc4ccccc4)cc3)cccc2[cH-]1.[Cl][Zr+2][Cl]. The van der Waals surface area contributed by atoms with E-state index in [1.54, 1.807) is 0 Å². The molecule has 0 aliphatic heterocycles. The van der Waals surface area contributed by atoms with Crippen molar-refractivity contribution in [3.8, 4) is 22.3 Å². The molecule has 0 N–H and O–H groups in total. The number of benzene rings is 6. The third kappa shape index (κ3) is 11.1. The molecule has 0 saturated carbocycles. The first-order chi connectivity index (χ1) is 25.4. The van der Waals surface area contributed by atoms with Gasteiger partial charge in [-0.25, -0.2) is 0 Å². The molecule has 0 aliphatic carbocycles. The molecule has 4 heteroatoms. The summed E-state index contributed by atoms with van der Waals surface area (Å²) in [5, 5.41) is 5.35. The van der Waals surface area contributed by atoms with Gasteiger partial charge in [0.15, 0.2) is 0 Å². The van der Waals surface area contributed by atoms with Crippen LogP contribution in [0.15, 0.2) is 170 Å². The summed E-state index contributed by atoms with van der Waals surface area (Å²) in [7, 11) is 11.0. The van der Waals surface area contributed by atoms with E-state index in [4.69, 9.17) is 17.0 Å². The maximum absolute atomic E-state index is 4.93. The van der Waals surface area contributed by atoms with Gasteiger partial charge in [0.25, 0.3) is 0 Å². The van der Waals surface area contributed by atoms with Crippen LogP contribution < -0.4 is 0 Å². The minimum atomic E-state index is -0.826. The molecule has 258 valence electrons. The first kappa shape index (κ1) is 39.4. The Morgan fingerprint density at radius 2 is 0.788 bits per heavy atom. The van der Waals surface area contributed by atoms with Crippen LogP contribution in [0.2, 0.25) is 13.1 Å². The zero-order valence-corrected chi connectivity index (χ0v) is 35.3. The van der Waals surface area contributed by atoms with Crippen molar-refractivity contribution in [1.29, 1.82) is 0 Å². The molecule has 0 amide bonds. The molecule has 0 aromatic heterocycles. The van der Waals surface area contributed by atoms with Crippen molar-refractivity contribution in [2.75, 3.05) is 0 Å². The molecule has 52 heavy (non-hydrogen) atoms. The van der Waals surface area contributed by atoms with Crippen LogP contribution in [0, 0.1) is 13.8 Å². The van der Waals surface area contributed by atoms with E-state index in [1.807, 2.05) is 0 Å². The summed E-state index contributed by atoms with van der Waals surface area (Å²) < 4.78 is 0. The number of rotatable bonds is 6. The monoisotopic (exact) mass is 808 g/mol. The number of fused-ring (bicyclic) bond motifs is 2. The molecule has 0 spiro atoms. The Morgan fingerprint density at radius 1 is 0.462 bits per heavy atom. The van der Waals surface area contributed by atoms with Crippen LogP contribution in [0.1, 0.15) is 33.4 Å². The van der Waals surface area contributed by atoms with Gasteiger partial charge >= 0.3 is 37.9 Å². The molecule has 2 radical (unpaired) electrons. The van der Waals surface area contributed by atoms with Gasteiger partial charge in [-0.1, -0.05) is 159 Å². The fourth-order valence-electron chi connectivity index (χ4n) is 6.54. The third-order valence-electron chi connectivity index (χ3n) is 8.82. The van der Waals surface area contributed by atoms with Crippen molar-refractivity contribution in [3.63, 3.8) is 0 Å². The van der Waals surface area contributed by atoms with Gasteiger partial charge in [0.2, 0.25) is 0 Å². The van der Waals surface area contributed by atoms with Gasteiger partial charge in [0.05, 0.1) is 0 Å². The summed E-state index contributed by atoms with van der Waals surface area (Å²) in [6.45, 7) is 8.62. The maximum atomic E-state index is 4.93. The Bertz CT molecular complexity index is 2070. The molecule has 0 saturated heterocycles. The third-order valence-corrected chi connectivity index (χ3v) is 8.82. The molecule has 0 aliphatic rings. The molecule has 0 atom stereocenters. The molecular formula is C48H44Cl2SiZr. The van der Waals surface area contributed by atoms with E-state index in [-0.39, 0.29) is 0 Å². The van der Waals surface area contributed by atoms with Crippen molar-refractivity contribution in [2.45, 2.75) is 39.8 Å². The van der Waals surface area contributed by atoms with E-state index < -0.39 is 20.8 Å². The minimum absolute atomic E-state index is 0.826. The Morgan fingerprint density at radius 3 is 1.13 bits per heavy atom. The van der Waals surface area contributed by atoms with Gasteiger partial charge in [-0.3, -0.25) is 0 Å². The summed E-state index contributed by atoms with van der Waals surface area (Å²) in [5.41, 5.74) is 13.3. The normalized spacial score (nSPS) is 10.3. The van der Waals surface area contributed by atoms with Gasteiger partial charge in [0.1, 0.15) is 0 Å². The Balaban J connectivity index is 0.000000175. The second-order valence-electron chi connectivity index (χ2n) is 13.0. The van der Waals surface area contributed by atoms with E-state index in [0.717, 1.165) is 22.4 Å². The molecule has 8 rings (SSSR count). The Labute approximate surface area is 331 Å². The van der Waals surface area contributed by atoms with E-state index >= 15 is 0 Å². The molecule has 8 aromatic rings. The summed E-state index contributed by atoms with van der Waals surface area (Å²) in [5.74, 6) is 0. The fourth-order valence-corrected chi connectivity index (χ4v) is 6.54. The first-order valence-electron chi connectivity index (χ1n) is 17.6. The van der Waals surface area contributed by atoms with Crippen LogP contribution >= 0.6 is 17.0 Å². The van der Waals surface area contributed by atoms with E-state index in [0.29, 0.717) is 0 Å². The van der Waals surface area contributed by atoms with Crippen LogP contribution in [0.5, 0.6) is 0 Å². The number of halogens is 2. The molecule has 0 unspecified atom stereocenters. The molecule has 0 fully saturated rings. The summed E-state index contributed by atoms with van der Waals surface area (Å²) in [4.78, 5) is 0. The second kappa shape index (κ2) is 20.5.